The predicted molar refractivity (Wildman–Crippen MR) is 123 cm³/mol. The molecule has 4 heterocycles. The third kappa shape index (κ3) is 3.33. The minimum absolute atomic E-state index is 0.0138. The molecule has 3 N–H and O–H groups in total. The molecule has 0 unspecified atom stereocenters. The maximum absolute atomic E-state index is 12.5. The molecule has 8 nitrogen and oxygen atoms in total. The summed E-state index contributed by atoms with van der Waals surface area (Å²) in [6, 6.07) is 4.13. The standard InChI is InChI=1S/C23H23N5O3S/c1-11-7-17-18(32-11)8-15(9-25-17)16-10-26-28-21(24)19(12(2)29)20(27-22(16)28)13-3-5-14(6-4-13)23(30)31/h7-10,13-14H,3-6,24H2,1-2H3,(H,30,31). The Labute approximate surface area is 188 Å². The van der Waals surface area contributed by atoms with Crippen LogP contribution in [0.25, 0.3) is 27.0 Å². The Hall–Kier alpha value is -3.33. The van der Waals surface area contributed by atoms with E-state index in [1.165, 1.54) is 16.3 Å². The Bertz CT molecular complexity index is 1380. The summed E-state index contributed by atoms with van der Waals surface area (Å²) in [4.78, 5) is 34.5. The number of Topliss-reactive ketones (excluding diaryl/α,β-unsaturated/α-hetero) is 1. The highest BCUT2D eigenvalue weighted by Gasteiger charge is 2.31. The number of thiophene rings is 1. The molecule has 1 fully saturated rings. The van der Waals surface area contributed by atoms with E-state index in [-0.39, 0.29) is 23.4 Å². The van der Waals surface area contributed by atoms with Gasteiger partial charge < -0.3 is 10.8 Å². The largest absolute Gasteiger partial charge is 0.481 e. The molecule has 4 aromatic heterocycles. The van der Waals surface area contributed by atoms with Gasteiger partial charge in [0.1, 0.15) is 5.82 Å². The van der Waals surface area contributed by atoms with Crippen molar-refractivity contribution in [3.05, 3.63) is 40.7 Å². The van der Waals surface area contributed by atoms with Gasteiger partial charge >= 0.3 is 5.97 Å². The topological polar surface area (TPSA) is 123 Å². The summed E-state index contributed by atoms with van der Waals surface area (Å²) in [6.07, 6.45) is 5.96. The lowest BCUT2D eigenvalue weighted by molar-refractivity contribution is -0.142. The molecule has 164 valence electrons. The van der Waals surface area contributed by atoms with Gasteiger partial charge in [0.05, 0.1) is 33.6 Å². The van der Waals surface area contributed by atoms with Crippen LogP contribution in [0.4, 0.5) is 5.82 Å². The average molecular weight is 450 g/mol. The van der Waals surface area contributed by atoms with Crippen LogP contribution in [0.3, 0.4) is 0 Å². The summed E-state index contributed by atoms with van der Waals surface area (Å²) >= 11 is 1.68. The number of carboxylic acid groups (broad SMARTS) is 1. The zero-order chi connectivity index (χ0) is 22.6. The monoisotopic (exact) mass is 449 g/mol. The number of rotatable bonds is 4. The van der Waals surface area contributed by atoms with Gasteiger partial charge in [-0.1, -0.05) is 0 Å². The van der Waals surface area contributed by atoms with Crippen LogP contribution < -0.4 is 5.73 Å². The molecule has 0 saturated heterocycles. The fourth-order valence-electron chi connectivity index (χ4n) is 4.69. The Kier molecular flexibility index (Phi) is 4.93. The van der Waals surface area contributed by atoms with Crippen molar-refractivity contribution in [3.8, 4) is 11.1 Å². The van der Waals surface area contributed by atoms with Crippen molar-refractivity contribution in [2.75, 3.05) is 5.73 Å². The molecule has 32 heavy (non-hydrogen) atoms. The van der Waals surface area contributed by atoms with Crippen LogP contribution >= 0.6 is 11.3 Å². The number of nitrogens with zero attached hydrogens (tertiary/aromatic N) is 4. The maximum atomic E-state index is 12.5. The van der Waals surface area contributed by atoms with Gasteiger partial charge in [-0.3, -0.25) is 14.6 Å². The van der Waals surface area contributed by atoms with E-state index in [9.17, 15) is 14.7 Å². The van der Waals surface area contributed by atoms with Crippen LogP contribution in [0.5, 0.6) is 0 Å². The zero-order valence-corrected chi connectivity index (χ0v) is 18.6. The lowest BCUT2D eigenvalue weighted by Crippen LogP contribution is -2.23. The van der Waals surface area contributed by atoms with E-state index in [2.05, 4.69) is 29.1 Å². The number of pyridine rings is 1. The lowest BCUT2D eigenvalue weighted by Gasteiger charge is -2.27. The molecule has 0 amide bonds. The highest BCUT2D eigenvalue weighted by Crippen LogP contribution is 2.39. The normalized spacial score (nSPS) is 18.9. The number of aliphatic carboxylic acids is 1. The van der Waals surface area contributed by atoms with Crippen molar-refractivity contribution in [2.24, 2.45) is 5.92 Å². The summed E-state index contributed by atoms with van der Waals surface area (Å²) in [6.45, 7) is 3.53. The summed E-state index contributed by atoms with van der Waals surface area (Å²) in [7, 11) is 0. The molecule has 1 aliphatic carbocycles. The number of carboxylic acids is 1. The zero-order valence-electron chi connectivity index (χ0n) is 17.8. The minimum atomic E-state index is -0.761. The van der Waals surface area contributed by atoms with Crippen molar-refractivity contribution in [1.82, 2.24) is 19.6 Å². The fourth-order valence-corrected chi connectivity index (χ4v) is 5.61. The number of aromatic nitrogens is 4. The summed E-state index contributed by atoms with van der Waals surface area (Å²) in [5, 5.41) is 13.7. The van der Waals surface area contributed by atoms with Gasteiger partial charge in [-0.2, -0.15) is 9.61 Å². The number of anilines is 1. The second-order valence-corrected chi connectivity index (χ2v) is 9.75. The second-order valence-electron chi connectivity index (χ2n) is 8.46. The van der Waals surface area contributed by atoms with E-state index in [1.807, 2.05) is 0 Å². The Morgan fingerprint density at radius 1 is 1.19 bits per heavy atom. The van der Waals surface area contributed by atoms with E-state index in [4.69, 9.17) is 10.7 Å². The number of hydrogen-bond donors (Lipinski definition) is 2. The van der Waals surface area contributed by atoms with Gasteiger partial charge in [-0.05, 0) is 51.7 Å². The highest BCUT2D eigenvalue weighted by molar-refractivity contribution is 7.18. The van der Waals surface area contributed by atoms with Crippen molar-refractivity contribution in [3.63, 3.8) is 0 Å². The number of fused-ring (bicyclic) bond motifs is 2. The van der Waals surface area contributed by atoms with Crippen molar-refractivity contribution < 1.29 is 14.7 Å². The number of aryl methyl sites for hydroxylation is 1. The Morgan fingerprint density at radius 2 is 1.94 bits per heavy atom. The molecular formula is C23H23N5O3S. The van der Waals surface area contributed by atoms with Crippen LogP contribution in [0.1, 0.15) is 59.5 Å². The first-order valence-corrected chi connectivity index (χ1v) is 11.4. The summed E-state index contributed by atoms with van der Waals surface area (Å²) in [5.74, 6) is -1.01. The van der Waals surface area contributed by atoms with Crippen LogP contribution in [-0.4, -0.2) is 36.4 Å². The molecule has 0 radical (unpaired) electrons. The molecule has 0 atom stereocenters. The molecule has 5 rings (SSSR count). The van der Waals surface area contributed by atoms with E-state index in [0.717, 1.165) is 21.3 Å². The molecule has 1 aliphatic rings. The van der Waals surface area contributed by atoms with Gasteiger partial charge in [0.15, 0.2) is 11.4 Å². The third-order valence-corrected chi connectivity index (χ3v) is 7.32. The van der Waals surface area contributed by atoms with E-state index in [1.54, 1.807) is 23.7 Å². The molecule has 4 aromatic rings. The Morgan fingerprint density at radius 3 is 2.62 bits per heavy atom. The number of carbonyl (C=O) groups excluding carboxylic acids is 1. The van der Waals surface area contributed by atoms with Crippen LogP contribution in [0.15, 0.2) is 24.5 Å². The molecule has 0 aromatic carbocycles. The number of nitrogens with two attached hydrogens (primary N) is 1. The highest BCUT2D eigenvalue weighted by atomic mass is 32.1. The molecule has 1 saturated carbocycles. The van der Waals surface area contributed by atoms with Gasteiger partial charge in [-0.25, -0.2) is 4.98 Å². The van der Waals surface area contributed by atoms with Crippen molar-refractivity contribution in [2.45, 2.75) is 45.4 Å². The van der Waals surface area contributed by atoms with Gasteiger partial charge in [0, 0.05) is 28.1 Å². The van der Waals surface area contributed by atoms with E-state index < -0.39 is 5.97 Å². The predicted octanol–water partition coefficient (Wildman–Crippen LogP) is 4.46. The van der Waals surface area contributed by atoms with Crippen LogP contribution in [0.2, 0.25) is 0 Å². The number of hydrogen-bond acceptors (Lipinski definition) is 7. The smallest absolute Gasteiger partial charge is 0.306 e. The van der Waals surface area contributed by atoms with E-state index >= 15 is 0 Å². The third-order valence-electron chi connectivity index (χ3n) is 6.33. The molecule has 0 aliphatic heterocycles. The molecule has 0 bridgehead atoms. The van der Waals surface area contributed by atoms with Crippen molar-refractivity contribution in [1.29, 1.82) is 0 Å². The summed E-state index contributed by atoms with van der Waals surface area (Å²) in [5.41, 5.74) is 10.7. The first-order valence-electron chi connectivity index (χ1n) is 10.6. The first-order chi connectivity index (χ1) is 15.3. The SMILES string of the molecule is CC(=O)c1c(C2CCC(C(=O)O)CC2)nc2c(-c3cnc4cc(C)sc4c3)cnn2c1N. The second kappa shape index (κ2) is 7.67. The maximum Gasteiger partial charge on any atom is 0.306 e. The average Bonchev–Trinajstić information content (AvgIpc) is 3.35. The minimum Gasteiger partial charge on any atom is -0.481 e. The summed E-state index contributed by atoms with van der Waals surface area (Å²) < 4.78 is 2.60. The number of ketones is 1. The van der Waals surface area contributed by atoms with E-state index in [0.29, 0.717) is 42.6 Å². The number of nitrogen functional groups attached to an aromatic ring is 1. The molecule has 0 spiro atoms. The first kappa shape index (κ1) is 20.6. The quantitative estimate of drug-likeness (QED) is 0.441. The van der Waals surface area contributed by atoms with Crippen LogP contribution in [0, 0.1) is 12.8 Å². The van der Waals surface area contributed by atoms with Crippen LogP contribution in [-0.2, 0) is 4.79 Å². The van der Waals surface area contributed by atoms with Gasteiger partial charge in [0.25, 0.3) is 0 Å². The van der Waals surface area contributed by atoms with Crippen molar-refractivity contribution >= 4 is 44.8 Å². The molecular weight excluding hydrogens is 426 g/mol. The lowest BCUT2D eigenvalue weighted by atomic mass is 9.79. The van der Waals surface area contributed by atoms with Gasteiger partial charge in [0.2, 0.25) is 0 Å². The fraction of sp³-hybridized carbons (Fsp3) is 0.348. The molecule has 9 heteroatoms. The number of carbonyl (C=O) groups is 2. The van der Waals surface area contributed by atoms with Gasteiger partial charge in [-0.15, -0.1) is 11.3 Å². The Balaban J connectivity index is 1.64.